The Balaban J connectivity index is 1.95. The number of anilines is 2. The van der Waals surface area contributed by atoms with Crippen molar-refractivity contribution in [2.45, 2.75) is 16.7 Å². The van der Waals surface area contributed by atoms with Crippen LogP contribution in [0.25, 0.3) is 0 Å². The first-order valence-corrected chi connectivity index (χ1v) is 10.6. The van der Waals surface area contributed by atoms with Gasteiger partial charge < -0.3 is 14.8 Å². The predicted octanol–water partition coefficient (Wildman–Crippen LogP) is 3.18. The zero-order valence-electron chi connectivity index (χ0n) is 15.1. The van der Waals surface area contributed by atoms with Crippen LogP contribution in [0.15, 0.2) is 46.2 Å². The van der Waals surface area contributed by atoms with Crippen LogP contribution < -0.4 is 19.5 Å². The van der Waals surface area contributed by atoms with E-state index in [9.17, 15) is 13.2 Å². The van der Waals surface area contributed by atoms with Gasteiger partial charge in [0.2, 0.25) is 5.91 Å². The van der Waals surface area contributed by atoms with Gasteiger partial charge in [-0.1, -0.05) is 6.92 Å². The molecule has 9 heteroatoms. The highest BCUT2D eigenvalue weighted by atomic mass is 32.2. The molecule has 0 radical (unpaired) electrons. The molecule has 1 heterocycles. The molecule has 0 unspecified atom stereocenters. The van der Waals surface area contributed by atoms with Crippen LogP contribution in [-0.4, -0.2) is 34.3 Å². The quantitative estimate of drug-likeness (QED) is 0.789. The molecule has 0 aromatic heterocycles. The standard InChI is InChI=1S/C18H20N2O5S2/c1-11-10-26-17-7-5-13(9-15(17)19-18(11)21)27(22,23)20-14-8-12(24-2)4-6-16(14)25-3/h4-9,11,20H,10H2,1-3H3,(H,19,21)/t11-/m0/s1. The molecule has 0 fully saturated rings. The van der Waals surface area contributed by atoms with Gasteiger partial charge in [-0.05, 0) is 30.3 Å². The number of ether oxygens (including phenoxy) is 2. The van der Waals surface area contributed by atoms with Crippen LogP contribution in [0.2, 0.25) is 0 Å². The zero-order chi connectivity index (χ0) is 19.6. The number of amides is 1. The van der Waals surface area contributed by atoms with E-state index < -0.39 is 10.0 Å². The third kappa shape index (κ3) is 4.14. The van der Waals surface area contributed by atoms with Crippen molar-refractivity contribution in [1.82, 2.24) is 0 Å². The summed E-state index contributed by atoms with van der Waals surface area (Å²) in [5.74, 6) is 1.23. The highest BCUT2D eigenvalue weighted by Crippen LogP contribution is 2.35. The second-order valence-corrected chi connectivity index (χ2v) is 8.78. The summed E-state index contributed by atoms with van der Waals surface area (Å²) in [6.45, 7) is 1.84. The Hall–Kier alpha value is -2.39. The third-order valence-electron chi connectivity index (χ3n) is 4.11. The molecule has 144 valence electrons. The summed E-state index contributed by atoms with van der Waals surface area (Å²) in [5, 5.41) is 2.79. The zero-order valence-corrected chi connectivity index (χ0v) is 16.7. The average Bonchev–Trinajstić information content (AvgIpc) is 2.79. The van der Waals surface area contributed by atoms with Crippen molar-refractivity contribution >= 4 is 39.1 Å². The minimum atomic E-state index is -3.89. The molecule has 1 aliphatic heterocycles. The molecular formula is C18H20N2O5S2. The number of hydrogen-bond donors (Lipinski definition) is 2. The lowest BCUT2D eigenvalue weighted by Crippen LogP contribution is -2.20. The van der Waals surface area contributed by atoms with Crippen molar-refractivity contribution in [2.75, 3.05) is 30.0 Å². The molecule has 0 spiro atoms. The van der Waals surface area contributed by atoms with Gasteiger partial charge in [0.25, 0.3) is 10.0 Å². The molecule has 0 saturated carbocycles. The monoisotopic (exact) mass is 408 g/mol. The number of carbonyl (C=O) groups is 1. The lowest BCUT2D eigenvalue weighted by molar-refractivity contribution is -0.118. The van der Waals surface area contributed by atoms with Gasteiger partial charge in [-0.15, -0.1) is 11.8 Å². The van der Waals surface area contributed by atoms with E-state index in [0.29, 0.717) is 22.9 Å². The third-order valence-corrected chi connectivity index (χ3v) is 6.80. The normalized spacial score (nSPS) is 16.7. The van der Waals surface area contributed by atoms with Crippen molar-refractivity contribution in [2.24, 2.45) is 5.92 Å². The molecule has 2 N–H and O–H groups in total. The van der Waals surface area contributed by atoms with Gasteiger partial charge in [-0.25, -0.2) is 8.42 Å². The number of methoxy groups -OCH3 is 2. The summed E-state index contributed by atoms with van der Waals surface area (Å²) in [6, 6.07) is 9.52. The minimum Gasteiger partial charge on any atom is -0.497 e. The number of fused-ring (bicyclic) bond motifs is 1. The lowest BCUT2D eigenvalue weighted by Gasteiger charge is -2.14. The van der Waals surface area contributed by atoms with Crippen molar-refractivity contribution in [3.63, 3.8) is 0 Å². The summed E-state index contributed by atoms with van der Waals surface area (Å²) in [6.07, 6.45) is 0. The van der Waals surface area contributed by atoms with Crippen LogP contribution in [0.3, 0.4) is 0 Å². The van der Waals surface area contributed by atoms with Crippen LogP contribution in [0.5, 0.6) is 11.5 Å². The highest BCUT2D eigenvalue weighted by molar-refractivity contribution is 7.99. The van der Waals surface area contributed by atoms with Crippen LogP contribution in [-0.2, 0) is 14.8 Å². The Morgan fingerprint density at radius 3 is 2.63 bits per heavy atom. The fraction of sp³-hybridized carbons (Fsp3) is 0.278. The number of benzene rings is 2. The maximum absolute atomic E-state index is 12.9. The maximum atomic E-state index is 12.9. The van der Waals surface area contributed by atoms with E-state index in [1.807, 2.05) is 6.92 Å². The molecule has 3 rings (SSSR count). The molecule has 2 aromatic rings. The summed E-state index contributed by atoms with van der Waals surface area (Å²) >= 11 is 1.52. The van der Waals surface area contributed by atoms with Crippen LogP contribution in [0.1, 0.15) is 6.92 Å². The van der Waals surface area contributed by atoms with Crippen LogP contribution in [0, 0.1) is 5.92 Å². The Morgan fingerprint density at radius 1 is 1.15 bits per heavy atom. The number of thioether (sulfide) groups is 1. The van der Waals surface area contributed by atoms with E-state index in [0.717, 1.165) is 4.90 Å². The average molecular weight is 409 g/mol. The number of carbonyl (C=O) groups excluding carboxylic acids is 1. The lowest BCUT2D eigenvalue weighted by atomic mass is 10.2. The van der Waals surface area contributed by atoms with E-state index >= 15 is 0 Å². The topological polar surface area (TPSA) is 93.7 Å². The molecule has 27 heavy (non-hydrogen) atoms. The number of nitrogens with one attached hydrogen (secondary N) is 2. The van der Waals surface area contributed by atoms with E-state index in [2.05, 4.69) is 10.0 Å². The van der Waals surface area contributed by atoms with Gasteiger partial charge in [0, 0.05) is 22.6 Å². The van der Waals surface area contributed by atoms with Crippen molar-refractivity contribution in [3.05, 3.63) is 36.4 Å². The molecule has 0 aliphatic carbocycles. The molecule has 2 aromatic carbocycles. The fourth-order valence-corrected chi connectivity index (χ4v) is 4.64. The van der Waals surface area contributed by atoms with Crippen LogP contribution in [0.4, 0.5) is 11.4 Å². The Bertz CT molecular complexity index is 976. The smallest absolute Gasteiger partial charge is 0.262 e. The molecule has 0 saturated heterocycles. The summed E-state index contributed by atoms with van der Waals surface area (Å²) in [7, 11) is -0.945. The first kappa shape index (κ1) is 19.4. The van der Waals surface area contributed by atoms with E-state index in [4.69, 9.17) is 9.47 Å². The van der Waals surface area contributed by atoms with E-state index in [1.165, 1.54) is 38.1 Å². The number of rotatable bonds is 5. The Kier molecular flexibility index (Phi) is 5.52. The summed E-state index contributed by atoms with van der Waals surface area (Å²) < 4.78 is 38.6. The van der Waals surface area contributed by atoms with E-state index in [1.54, 1.807) is 24.3 Å². The Labute approximate surface area is 162 Å². The molecule has 1 amide bonds. The van der Waals surface area contributed by atoms with Crippen molar-refractivity contribution in [1.29, 1.82) is 0 Å². The van der Waals surface area contributed by atoms with E-state index in [-0.39, 0.29) is 22.4 Å². The summed E-state index contributed by atoms with van der Waals surface area (Å²) in [4.78, 5) is 12.9. The van der Waals surface area contributed by atoms with Gasteiger partial charge in [0.15, 0.2) is 0 Å². The fourth-order valence-electron chi connectivity index (χ4n) is 2.54. The SMILES string of the molecule is COc1ccc(OC)c(NS(=O)(=O)c2ccc3c(c2)NC(=O)[C@@H](C)CS3)c1. The van der Waals surface area contributed by atoms with Gasteiger partial charge >= 0.3 is 0 Å². The van der Waals surface area contributed by atoms with Gasteiger partial charge in [-0.2, -0.15) is 0 Å². The number of hydrogen-bond acceptors (Lipinski definition) is 6. The summed E-state index contributed by atoms with van der Waals surface area (Å²) in [5.41, 5.74) is 0.758. The Morgan fingerprint density at radius 2 is 1.93 bits per heavy atom. The van der Waals surface area contributed by atoms with Crippen molar-refractivity contribution in [3.8, 4) is 11.5 Å². The largest absolute Gasteiger partial charge is 0.497 e. The van der Waals surface area contributed by atoms with Gasteiger partial charge in [-0.3, -0.25) is 9.52 Å². The van der Waals surface area contributed by atoms with Crippen LogP contribution >= 0.6 is 11.8 Å². The molecule has 1 atom stereocenters. The van der Waals surface area contributed by atoms with Crippen molar-refractivity contribution < 1.29 is 22.7 Å². The highest BCUT2D eigenvalue weighted by Gasteiger charge is 2.23. The molecule has 1 aliphatic rings. The minimum absolute atomic E-state index is 0.0431. The molecule has 7 nitrogen and oxygen atoms in total. The molecule has 0 bridgehead atoms. The first-order valence-electron chi connectivity index (χ1n) is 8.16. The van der Waals surface area contributed by atoms with Gasteiger partial charge in [0.1, 0.15) is 11.5 Å². The second-order valence-electron chi connectivity index (χ2n) is 6.03. The van der Waals surface area contributed by atoms with Gasteiger partial charge in [0.05, 0.1) is 30.5 Å². The molecular weight excluding hydrogens is 388 g/mol. The number of sulfonamides is 1. The first-order chi connectivity index (χ1) is 12.8. The maximum Gasteiger partial charge on any atom is 0.262 e. The second kappa shape index (κ2) is 7.69. The predicted molar refractivity (Wildman–Crippen MR) is 105 cm³/mol.